The second-order valence-electron chi connectivity index (χ2n) is 9.09. The van der Waals surface area contributed by atoms with Gasteiger partial charge in [0.15, 0.2) is 5.60 Å². The summed E-state index contributed by atoms with van der Waals surface area (Å²) in [5.74, 6) is 0. The van der Waals surface area contributed by atoms with E-state index in [4.69, 9.17) is 4.74 Å². The maximum atomic E-state index is 13.2. The van der Waals surface area contributed by atoms with E-state index in [9.17, 15) is 4.79 Å². The van der Waals surface area contributed by atoms with Gasteiger partial charge in [-0.25, -0.2) is 4.79 Å². The number of aryl methyl sites for hydroxylation is 2. The van der Waals surface area contributed by atoms with Gasteiger partial charge in [-0.15, -0.1) is 0 Å². The third kappa shape index (κ3) is 5.82. The van der Waals surface area contributed by atoms with Gasteiger partial charge in [0.2, 0.25) is 0 Å². The Morgan fingerprint density at radius 2 is 1.36 bits per heavy atom. The molecule has 0 radical (unpaired) electrons. The van der Waals surface area contributed by atoms with Crippen molar-refractivity contribution in [1.82, 2.24) is 4.90 Å². The highest BCUT2D eigenvalue weighted by atomic mass is 16.6. The van der Waals surface area contributed by atoms with Crippen LogP contribution in [0.25, 0.3) is 0 Å². The van der Waals surface area contributed by atoms with Crippen molar-refractivity contribution in [3.05, 3.63) is 101 Å². The van der Waals surface area contributed by atoms with Crippen molar-refractivity contribution in [1.29, 1.82) is 0 Å². The molecule has 1 saturated heterocycles. The minimum Gasteiger partial charge on any atom is -0.433 e. The number of hydrogen-bond acceptors (Lipinski definition) is 3. The average molecular weight is 443 g/mol. The number of likely N-dealkylation sites (tertiary alicyclic amines) is 1. The Morgan fingerprint density at radius 1 is 0.818 bits per heavy atom. The summed E-state index contributed by atoms with van der Waals surface area (Å²) in [7, 11) is 0. The highest BCUT2D eigenvalue weighted by molar-refractivity contribution is 5.85. The lowest BCUT2D eigenvalue weighted by Crippen LogP contribution is -2.40. The fraction of sp³-hybridized carbons (Fsp3) is 0.345. The van der Waals surface area contributed by atoms with Crippen LogP contribution >= 0.6 is 0 Å². The first-order valence-electron chi connectivity index (χ1n) is 12.0. The van der Waals surface area contributed by atoms with Crippen LogP contribution in [0.3, 0.4) is 0 Å². The molecule has 0 saturated carbocycles. The third-order valence-electron chi connectivity index (χ3n) is 6.55. The average Bonchev–Trinajstić information content (AvgIpc) is 2.84. The highest BCUT2D eigenvalue weighted by Crippen LogP contribution is 2.38. The fourth-order valence-electron chi connectivity index (χ4n) is 4.59. The Morgan fingerprint density at radius 3 is 1.91 bits per heavy atom. The van der Waals surface area contributed by atoms with Gasteiger partial charge in [-0.1, -0.05) is 84.3 Å². The number of carbonyl (C=O) groups excluding carboxylic acids is 1. The number of carbonyl (C=O) groups is 1. The summed E-state index contributed by atoms with van der Waals surface area (Å²) in [6, 6.07) is 26.2. The molecule has 4 nitrogen and oxygen atoms in total. The predicted molar refractivity (Wildman–Crippen MR) is 135 cm³/mol. The van der Waals surface area contributed by atoms with Gasteiger partial charge >= 0.3 is 6.09 Å². The topological polar surface area (TPSA) is 41.6 Å². The SMILES string of the molecule is Cc1ccc(C(CCN2CCCCC2)(OC(=O)Nc2ccccc2)c2ccc(C)cc2)cc1. The van der Waals surface area contributed by atoms with Crippen LogP contribution in [0, 0.1) is 13.8 Å². The first-order chi connectivity index (χ1) is 16.0. The van der Waals surface area contributed by atoms with E-state index in [1.54, 1.807) is 0 Å². The number of ether oxygens (including phenoxy) is 1. The van der Waals surface area contributed by atoms with Gasteiger partial charge < -0.3 is 9.64 Å². The molecule has 1 fully saturated rings. The molecule has 0 unspecified atom stereocenters. The van der Waals surface area contributed by atoms with Crippen LogP contribution in [0.1, 0.15) is 47.9 Å². The number of rotatable bonds is 7. The Balaban J connectivity index is 1.71. The third-order valence-corrected chi connectivity index (χ3v) is 6.55. The molecular formula is C29H34N2O2. The van der Waals surface area contributed by atoms with E-state index in [-0.39, 0.29) is 0 Å². The predicted octanol–water partition coefficient (Wildman–Crippen LogP) is 6.67. The van der Waals surface area contributed by atoms with Gasteiger partial charge in [-0.05, 0) is 51.9 Å². The van der Waals surface area contributed by atoms with Crippen LogP contribution < -0.4 is 5.32 Å². The summed E-state index contributed by atoms with van der Waals surface area (Å²) < 4.78 is 6.41. The monoisotopic (exact) mass is 442 g/mol. The fourth-order valence-corrected chi connectivity index (χ4v) is 4.59. The smallest absolute Gasteiger partial charge is 0.412 e. The number of benzene rings is 3. The minimum atomic E-state index is -0.877. The first kappa shape index (κ1) is 23.1. The molecule has 1 aliphatic heterocycles. The minimum absolute atomic E-state index is 0.444. The molecule has 1 heterocycles. The number of nitrogens with one attached hydrogen (secondary N) is 1. The Kier molecular flexibility index (Phi) is 7.46. The Labute approximate surface area is 197 Å². The molecule has 1 aliphatic rings. The summed E-state index contributed by atoms with van der Waals surface area (Å²) in [5.41, 5.74) is 4.20. The van der Waals surface area contributed by atoms with Gasteiger partial charge in [-0.2, -0.15) is 0 Å². The molecule has 1 amide bonds. The van der Waals surface area contributed by atoms with E-state index in [1.807, 2.05) is 30.3 Å². The van der Waals surface area contributed by atoms with Gasteiger partial charge in [0.25, 0.3) is 0 Å². The van der Waals surface area contributed by atoms with Crippen molar-refractivity contribution in [2.75, 3.05) is 25.0 Å². The second kappa shape index (κ2) is 10.7. The summed E-state index contributed by atoms with van der Waals surface area (Å²) >= 11 is 0. The normalized spacial score (nSPS) is 14.6. The van der Waals surface area contributed by atoms with Crippen molar-refractivity contribution in [3.8, 4) is 0 Å². The van der Waals surface area contributed by atoms with Gasteiger partial charge in [0.1, 0.15) is 0 Å². The van der Waals surface area contributed by atoms with Gasteiger partial charge in [0.05, 0.1) is 0 Å². The maximum Gasteiger partial charge on any atom is 0.412 e. The molecule has 3 aromatic carbocycles. The molecule has 0 aromatic heterocycles. The number of hydrogen-bond donors (Lipinski definition) is 1. The molecule has 0 atom stereocenters. The number of piperidine rings is 1. The molecule has 0 spiro atoms. The number of amides is 1. The molecule has 33 heavy (non-hydrogen) atoms. The number of para-hydroxylation sites is 1. The van der Waals surface area contributed by atoms with Crippen molar-refractivity contribution in [2.45, 2.75) is 45.1 Å². The first-order valence-corrected chi connectivity index (χ1v) is 12.0. The second-order valence-corrected chi connectivity index (χ2v) is 9.09. The van der Waals surface area contributed by atoms with Gasteiger partial charge in [0, 0.05) is 29.8 Å². The number of anilines is 1. The van der Waals surface area contributed by atoms with E-state index in [0.717, 1.165) is 36.4 Å². The molecule has 4 heteroatoms. The van der Waals surface area contributed by atoms with Crippen LogP contribution in [0.2, 0.25) is 0 Å². The van der Waals surface area contributed by atoms with Crippen molar-refractivity contribution < 1.29 is 9.53 Å². The lowest BCUT2D eigenvalue weighted by molar-refractivity contribution is 0.0315. The molecule has 0 aliphatic carbocycles. The Bertz CT molecular complexity index is 978. The van der Waals surface area contributed by atoms with E-state index < -0.39 is 11.7 Å². The number of nitrogens with zero attached hydrogens (tertiary/aromatic N) is 1. The van der Waals surface area contributed by atoms with Crippen LogP contribution in [-0.2, 0) is 10.3 Å². The summed E-state index contributed by atoms with van der Waals surface area (Å²) in [6.45, 7) is 7.24. The van der Waals surface area contributed by atoms with Crippen molar-refractivity contribution >= 4 is 11.8 Å². The van der Waals surface area contributed by atoms with E-state index in [0.29, 0.717) is 6.42 Å². The van der Waals surface area contributed by atoms with E-state index in [1.165, 1.54) is 30.4 Å². The lowest BCUT2D eigenvalue weighted by Gasteiger charge is -2.37. The van der Waals surface area contributed by atoms with Crippen LogP contribution in [0.15, 0.2) is 78.9 Å². The quantitative estimate of drug-likeness (QED) is 0.444. The molecule has 4 rings (SSSR count). The zero-order valence-electron chi connectivity index (χ0n) is 19.7. The zero-order valence-corrected chi connectivity index (χ0v) is 19.7. The van der Waals surface area contributed by atoms with E-state index >= 15 is 0 Å². The summed E-state index contributed by atoms with van der Waals surface area (Å²) in [5, 5.41) is 2.92. The molecule has 1 N–H and O–H groups in total. The maximum absolute atomic E-state index is 13.2. The standard InChI is InChI=1S/C29H34N2O2/c1-23-11-15-25(16-12-23)29(26-17-13-24(2)14-18-26,19-22-31-20-7-4-8-21-31)33-28(32)30-27-9-5-3-6-10-27/h3,5-6,9-18H,4,7-8,19-22H2,1-2H3,(H,30,32). The summed E-state index contributed by atoms with van der Waals surface area (Å²) in [6.07, 6.45) is 4.02. The Hall–Kier alpha value is -3.11. The largest absolute Gasteiger partial charge is 0.433 e. The molecule has 172 valence electrons. The summed E-state index contributed by atoms with van der Waals surface area (Å²) in [4.78, 5) is 15.7. The van der Waals surface area contributed by atoms with Crippen LogP contribution in [-0.4, -0.2) is 30.6 Å². The van der Waals surface area contributed by atoms with Crippen LogP contribution in [0.5, 0.6) is 0 Å². The van der Waals surface area contributed by atoms with Gasteiger partial charge in [-0.3, -0.25) is 5.32 Å². The van der Waals surface area contributed by atoms with Crippen molar-refractivity contribution in [2.24, 2.45) is 0 Å². The lowest BCUT2D eigenvalue weighted by atomic mass is 9.82. The molecular weight excluding hydrogens is 408 g/mol. The molecule has 0 bridgehead atoms. The molecule has 3 aromatic rings. The zero-order chi connectivity index (χ0) is 23.1. The van der Waals surface area contributed by atoms with Crippen molar-refractivity contribution in [3.63, 3.8) is 0 Å². The van der Waals surface area contributed by atoms with Crippen LogP contribution in [0.4, 0.5) is 10.5 Å². The highest BCUT2D eigenvalue weighted by Gasteiger charge is 2.39. The van der Waals surface area contributed by atoms with E-state index in [2.05, 4.69) is 72.6 Å².